The Hall–Kier alpha value is -1.09. The Morgan fingerprint density at radius 3 is 2.14 bits per heavy atom. The third-order valence-electron chi connectivity index (χ3n) is 6.39. The molecule has 2 N–H and O–H groups in total. The first-order valence-electron chi connectivity index (χ1n) is 10.4. The molecule has 1 fully saturated rings. The number of nitrogens with two attached hydrogens (primary N) is 1. The van der Waals surface area contributed by atoms with Crippen LogP contribution in [0.1, 0.15) is 78.1 Å². The van der Waals surface area contributed by atoms with Crippen LogP contribution in [0.5, 0.6) is 0 Å². The molecule has 1 saturated heterocycles. The minimum absolute atomic E-state index is 0.230. The lowest BCUT2D eigenvalue weighted by Crippen LogP contribution is -2.44. The number of hydrogen-bond donors (Lipinski definition) is 1. The van der Waals surface area contributed by atoms with Crippen molar-refractivity contribution in [3.8, 4) is 0 Å². The summed E-state index contributed by atoms with van der Waals surface area (Å²) in [4.78, 5) is 4.95. The van der Waals surface area contributed by atoms with Crippen molar-refractivity contribution in [2.75, 3.05) is 5.73 Å². The van der Waals surface area contributed by atoms with E-state index in [-0.39, 0.29) is 22.5 Å². The van der Waals surface area contributed by atoms with Gasteiger partial charge in [-0.3, -0.25) is 4.98 Å². The van der Waals surface area contributed by atoms with Crippen molar-refractivity contribution in [3.63, 3.8) is 0 Å². The zero-order valence-corrected chi connectivity index (χ0v) is 18.7. The van der Waals surface area contributed by atoms with Gasteiger partial charge >= 0.3 is 0 Å². The first-order chi connectivity index (χ1) is 13.1. The number of allylic oxidation sites excluding steroid dienone is 2. The largest absolute Gasteiger partial charge is 0.397 e. The van der Waals surface area contributed by atoms with Crippen LogP contribution in [0.2, 0.25) is 11.0 Å². The van der Waals surface area contributed by atoms with Crippen molar-refractivity contribution in [2.45, 2.75) is 89.0 Å². The number of hydrogen-bond acceptors (Lipinski definition) is 3. The summed E-state index contributed by atoms with van der Waals surface area (Å²) in [6.45, 7) is 12.5. The Bertz CT molecular complexity index is 829. The van der Waals surface area contributed by atoms with Gasteiger partial charge in [-0.05, 0) is 70.1 Å². The lowest BCUT2D eigenvalue weighted by atomic mass is 9.32. The van der Waals surface area contributed by atoms with Crippen molar-refractivity contribution < 1.29 is 4.74 Å². The Morgan fingerprint density at radius 1 is 1.03 bits per heavy atom. The second-order valence-corrected chi connectivity index (χ2v) is 10.9. The van der Waals surface area contributed by atoms with Gasteiger partial charge in [-0.1, -0.05) is 24.9 Å². The molecule has 1 aliphatic carbocycles. The predicted molar refractivity (Wildman–Crippen MR) is 125 cm³/mol. The standard InChI is InChI=1S/C22H30B4N2O/c1-19(2)11-13(23)16(22(25,26)18(19)24)17-14(27)7-8-15(28-17)12-9-20(3,4)29-21(5,6)10-12/h7-8,12,18H,9-11,27H2,1-6H3. The van der Waals surface area contributed by atoms with Gasteiger partial charge < -0.3 is 10.5 Å². The van der Waals surface area contributed by atoms with Gasteiger partial charge in [0.1, 0.15) is 7.85 Å². The van der Waals surface area contributed by atoms with Crippen LogP contribution in [0.25, 0.3) is 5.57 Å². The van der Waals surface area contributed by atoms with E-state index in [0.717, 1.165) is 18.5 Å². The SMILES string of the molecule is [B]C1=C(c2nc(C3CC(C)(C)OC(C)(C)C3)ccc2N)C([B])([B])C([B])C(C)(C)C1. The van der Waals surface area contributed by atoms with Crippen molar-refractivity contribution in [1.82, 2.24) is 4.98 Å². The van der Waals surface area contributed by atoms with Gasteiger partial charge in [-0.15, -0.1) is 5.47 Å². The van der Waals surface area contributed by atoms with E-state index in [1.54, 1.807) is 0 Å². The van der Waals surface area contributed by atoms with E-state index in [0.29, 0.717) is 28.8 Å². The Morgan fingerprint density at radius 2 is 1.59 bits per heavy atom. The molecule has 0 spiro atoms. The molecule has 0 bridgehead atoms. The third-order valence-corrected chi connectivity index (χ3v) is 6.39. The molecule has 0 aromatic carbocycles. The van der Waals surface area contributed by atoms with E-state index in [4.69, 9.17) is 46.8 Å². The molecule has 3 nitrogen and oxygen atoms in total. The number of pyridine rings is 1. The molecule has 29 heavy (non-hydrogen) atoms. The summed E-state index contributed by atoms with van der Waals surface area (Å²) < 4.78 is 6.23. The van der Waals surface area contributed by atoms with Crippen molar-refractivity contribution in [1.29, 1.82) is 0 Å². The fourth-order valence-electron chi connectivity index (χ4n) is 5.34. The number of nitrogens with zero attached hydrogens (tertiary/aromatic N) is 1. The van der Waals surface area contributed by atoms with Crippen molar-refractivity contribution in [2.24, 2.45) is 5.41 Å². The van der Waals surface area contributed by atoms with Crippen molar-refractivity contribution >= 4 is 42.6 Å². The molecular formula is C22H30B4N2O. The maximum atomic E-state index is 6.55. The highest BCUT2D eigenvalue weighted by molar-refractivity contribution is 6.52. The quantitative estimate of drug-likeness (QED) is 0.792. The van der Waals surface area contributed by atoms with Gasteiger partial charge in [0, 0.05) is 11.6 Å². The van der Waals surface area contributed by atoms with Crippen LogP contribution in [0.4, 0.5) is 5.69 Å². The summed E-state index contributed by atoms with van der Waals surface area (Å²) in [5.41, 5.74) is 8.70. The number of aromatic nitrogens is 1. The Labute approximate surface area is 181 Å². The average molecular weight is 382 g/mol. The highest BCUT2D eigenvalue weighted by Gasteiger charge is 2.45. The predicted octanol–water partition coefficient (Wildman–Crippen LogP) is 3.83. The minimum atomic E-state index is -1.32. The average Bonchev–Trinajstić information content (AvgIpc) is 2.51. The second kappa shape index (κ2) is 6.97. The van der Waals surface area contributed by atoms with Gasteiger partial charge in [0.2, 0.25) is 0 Å². The smallest absolute Gasteiger partial charge is 0.108 e. The molecule has 1 aromatic heterocycles. The maximum Gasteiger partial charge on any atom is 0.108 e. The normalized spacial score (nSPS) is 28.3. The summed E-state index contributed by atoms with van der Waals surface area (Å²) in [7, 11) is 26.0. The molecule has 7 heteroatoms. The zero-order chi connectivity index (χ0) is 22.0. The van der Waals surface area contributed by atoms with Gasteiger partial charge in [0.15, 0.2) is 0 Å². The zero-order valence-electron chi connectivity index (χ0n) is 18.7. The summed E-state index contributed by atoms with van der Waals surface area (Å²) >= 11 is 0. The van der Waals surface area contributed by atoms with E-state index in [2.05, 4.69) is 27.7 Å². The summed E-state index contributed by atoms with van der Waals surface area (Å²) in [5.74, 6) is -0.253. The first-order valence-corrected chi connectivity index (χ1v) is 10.4. The first kappa shape index (κ1) is 22.6. The summed E-state index contributed by atoms with van der Waals surface area (Å²) in [6, 6.07) is 3.86. The van der Waals surface area contributed by atoms with E-state index in [1.807, 2.05) is 26.0 Å². The van der Waals surface area contributed by atoms with E-state index in [1.165, 1.54) is 0 Å². The van der Waals surface area contributed by atoms with Gasteiger partial charge in [-0.25, -0.2) is 0 Å². The van der Waals surface area contributed by atoms with Crippen LogP contribution in [0, 0.1) is 5.41 Å². The second-order valence-electron chi connectivity index (χ2n) is 10.9. The highest BCUT2D eigenvalue weighted by atomic mass is 16.5. The Kier molecular flexibility index (Phi) is 5.43. The highest BCUT2D eigenvalue weighted by Crippen LogP contribution is 2.60. The molecule has 2 aliphatic rings. The van der Waals surface area contributed by atoms with Crippen molar-refractivity contribution in [3.05, 3.63) is 29.0 Å². The lowest BCUT2D eigenvalue weighted by Gasteiger charge is -2.51. The van der Waals surface area contributed by atoms with Crippen LogP contribution in [-0.2, 0) is 4.74 Å². The van der Waals surface area contributed by atoms with E-state index in [9.17, 15) is 0 Å². The van der Waals surface area contributed by atoms with E-state index < -0.39 is 11.0 Å². The van der Waals surface area contributed by atoms with Gasteiger partial charge in [0.25, 0.3) is 0 Å². The van der Waals surface area contributed by atoms with Crippen LogP contribution < -0.4 is 5.73 Å². The molecule has 0 saturated carbocycles. The van der Waals surface area contributed by atoms with Crippen LogP contribution >= 0.6 is 0 Å². The maximum absolute atomic E-state index is 6.55. The molecule has 1 aromatic rings. The van der Waals surface area contributed by atoms with Crippen LogP contribution in [0.15, 0.2) is 17.6 Å². The number of nitrogen functional groups attached to an aromatic ring is 1. The molecule has 1 unspecified atom stereocenters. The van der Waals surface area contributed by atoms with Gasteiger partial charge in [-0.2, -0.15) is 0 Å². The number of ether oxygens (including phenoxy) is 1. The molecule has 0 amide bonds. The Balaban J connectivity index is 2.09. The molecule has 1 atom stereocenters. The molecule has 146 valence electrons. The summed E-state index contributed by atoms with van der Waals surface area (Å²) in [5, 5.41) is -1.32. The van der Waals surface area contributed by atoms with Crippen LogP contribution in [-0.4, -0.2) is 47.6 Å². The molecular weight excluding hydrogens is 352 g/mol. The minimum Gasteiger partial charge on any atom is -0.397 e. The lowest BCUT2D eigenvalue weighted by molar-refractivity contribution is -0.162. The fraction of sp³-hybridized carbons (Fsp3) is 0.682. The van der Waals surface area contributed by atoms with E-state index >= 15 is 0 Å². The fourth-order valence-corrected chi connectivity index (χ4v) is 5.34. The van der Waals surface area contributed by atoms with Crippen LogP contribution in [0.3, 0.4) is 0 Å². The molecule has 2 heterocycles. The third kappa shape index (κ3) is 4.22. The number of rotatable bonds is 2. The number of anilines is 1. The molecule has 1 aliphatic heterocycles. The van der Waals surface area contributed by atoms with Gasteiger partial charge in [0.05, 0.1) is 46.1 Å². The molecule has 3 rings (SSSR count). The monoisotopic (exact) mass is 382 g/mol. The molecule has 8 radical (unpaired) electrons. The summed E-state index contributed by atoms with van der Waals surface area (Å²) in [6.07, 6.45) is 2.32. The topological polar surface area (TPSA) is 48.1 Å².